The monoisotopic (exact) mass is 364 g/mol. The summed E-state index contributed by atoms with van der Waals surface area (Å²) in [6, 6.07) is 6.79. The van der Waals surface area contributed by atoms with Crippen LogP contribution in [-0.4, -0.2) is 44.1 Å². The summed E-state index contributed by atoms with van der Waals surface area (Å²) < 4.78 is 5.06. The molecule has 0 spiro atoms. The minimum absolute atomic E-state index is 0.00906. The molecule has 1 aromatic carbocycles. The van der Waals surface area contributed by atoms with E-state index in [1.807, 2.05) is 6.07 Å². The zero-order chi connectivity index (χ0) is 18.7. The average molecular weight is 365 g/mol. The number of carbonyl (C=O) groups is 1. The molecule has 0 aliphatic heterocycles. The number of nitriles is 1. The van der Waals surface area contributed by atoms with Crippen LogP contribution in [0.4, 0.5) is 5.69 Å². The second kappa shape index (κ2) is 11.3. The van der Waals surface area contributed by atoms with E-state index in [-0.39, 0.29) is 5.57 Å². The number of amides is 1. The van der Waals surface area contributed by atoms with Crippen LogP contribution in [-0.2, 0) is 4.79 Å². The molecule has 1 amide bonds. The van der Waals surface area contributed by atoms with Crippen molar-refractivity contribution in [3.05, 3.63) is 35.0 Å². The number of rotatable bonds is 10. The largest absolute Gasteiger partial charge is 0.495 e. The van der Waals surface area contributed by atoms with E-state index in [9.17, 15) is 4.79 Å². The van der Waals surface area contributed by atoms with Crippen LogP contribution < -0.4 is 15.4 Å². The van der Waals surface area contributed by atoms with Gasteiger partial charge in [0.1, 0.15) is 17.4 Å². The van der Waals surface area contributed by atoms with Gasteiger partial charge in [0.25, 0.3) is 5.91 Å². The minimum Gasteiger partial charge on any atom is -0.495 e. The fraction of sp³-hybridized carbons (Fsp3) is 0.444. The molecule has 0 aliphatic carbocycles. The lowest BCUT2D eigenvalue weighted by atomic mass is 10.2. The van der Waals surface area contributed by atoms with Crippen molar-refractivity contribution in [1.29, 1.82) is 5.26 Å². The van der Waals surface area contributed by atoms with Gasteiger partial charge in [-0.15, -0.1) is 0 Å². The normalized spacial score (nSPS) is 11.1. The summed E-state index contributed by atoms with van der Waals surface area (Å²) >= 11 is 6.02. The van der Waals surface area contributed by atoms with E-state index in [2.05, 4.69) is 29.4 Å². The van der Waals surface area contributed by atoms with Gasteiger partial charge in [0, 0.05) is 18.4 Å². The Morgan fingerprint density at radius 1 is 1.40 bits per heavy atom. The molecular weight excluding hydrogens is 340 g/mol. The molecule has 7 heteroatoms. The number of carbonyl (C=O) groups excluding carboxylic acids is 1. The van der Waals surface area contributed by atoms with E-state index in [0.717, 1.165) is 26.1 Å². The first-order valence-corrected chi connectivity index (χ1v) is 8.64. The van der Waals surface area contributed by atoms with Crippen LogP contribution >= 0.6 is 11.6 Å². The van der Waals surface area contributed by atoms with Gasteiger partial charge in [0.05, 0.1) is 12.1 Å². The molecule has 0 saturated heterocycles. The molecule has 1 rings (SSSR count). The van der Waals surface area contributed by atoms with Crippen molar-refractivity contribution in [2.45, 2.75) is 20.3 Å². The van der Waals surface area contributed by atoms with E-state index in [1.54, 1.807) is 18.2 Å². The Morgan fingerprint density at radius 2 is 2.12 bits per heavy atom. The summed E-state index contributed by atoms with van der Waals surface area (Å²) in [5.74, 6) is 0.0329. The second-order valence-electron chi connectivity index (χ2n) is 5.31. The molecule has 1 aromatic rings. The molecule has 6 nitrogen and oxygen atoms in total. The predicted molar refractivity (Wildman–Crippen MR) is 101 cm³/mol. The van der Waals surface area contributed by atoms with Gasteiger partial charge in [0.15, 0.2) is 0 Å². The van der Waals surface area contributed by atoms with Gasteiger partial charge in [-0.3, -0.25) is 4.79 Å². The van der Waals surface area contributed by atoms with E-state index in [0.29, 0.717) is 23.0 Å². The van der Waals surface area contributed by atoms with Crippen molar-refractivity contribution >= 4 is 23.2 Å². The highest BCUT2D eigenvalue weighted by Gasteiger charge is 2.10. The number of nitrogens with zero attached hydrogens (tertiary/aromatic N) is 2. The van der Waals surface area contributed by atoms with Crippen LogP contribution in [0.25, 0.3) is 0 Å². The lowest BCUT2D eigenvalue weighted by molar-refractivity contribution is -0.112. The maximum Gasteiger partial charge on any atom is 0.267 e. The summed E-state index contributed by atoms with van der Waals surface area (Å²) in [6.07, 6.45) is 2.38. The first-order valence-electron chi connectivity index (χ1n) is 8.26. The van der Waals surface area contributed by atoms with Crippen LogP contribution in [0.2, 0.25) is 5.02 Å². The van der Waals surface area contributed by atoms with Crippen molar-refractivity contribution in [1.82, 2.24) is 10.2 Å². The first kappa shape index (κ1) is 20.8. The maximum absolute atomic E-state index is 12.1. The van der Waals surface area contributed by atoms with E-state index >= 15 is 0 Å². The number of anilines is 1. The minimum atomic E-state index is -0.486. The van der Waals surface area contributed by atoms with Gasteiger partial charge in [-0.2, -0.15) is 5.26 Å². The summed E-state index contributed by atoms with van der Waals surface area (Å²) in [7, 11) is 1.52. The molecule has 0 aliphatic rings. The highest BCUT2D eigenvalue weighted by Crippen LogP contribution is 2.27. The van der Waals surface area contributed by atoms with Crippen molar-refractivity contribution in [2.24, 2.45) is 0 Å². The molecule has 2 N–H and O–H groups in total. The topological polar surface area (TPSA) is 77.4 Å². The van der Waals surface area contributed by atoms with Crippen molar-refractivity contribution < 1.29 is 9.53 Å². The van der Waals surface area contributed by atoms with Crippen LogP contribution in [0.5, 0.6) is 5.75 Å². The highest BCUT2D eigenvalue weighted by molar-refractivity contribution is 6.32. The quantitative estimate of drug-likeness (QED) is 0.379. The van der Waals surface area contributed by atoms with Crippen molar-refractivity contribution in [3.63, 3.8) is 0 Å². The molecule has 0 fully saturated rings. The fourth-order valence-corrected chi connectivity index (χ4v) is 2.47. The number of nitrogens with one attached hydrogen (secondary N) is 2. The number of methoxy groups -OCH3 is 1. The van der Waals surface area contributed by atoms with Crippen LogP contribution in [0, 0.1) is 11.3 Å². The van der Waals surface area contributed by atoms with Crippen LogP contribution in [0.15, 0.2) is 30.0 Å². The standard InChI is InChI=1S/C18H25ClN4O2/c1-4-23(5-2)10-6-9-21-13-14(12-20)18(24)22-15-7-8-17(25-3)16(19)11-15/h7-8,11,13,21H,4-6,9-10H2,1-3H3,(H,22,24)/b14-13-. The SMILES string of the molecule is CCN(CC)CCCN/C=C(/C#N)C(=O)Nc1ccc(OC)c(Cl)c1. The number of hydrogen-bond acceptors (Lipinski definition) is 5. The lowest BCUT2D eigenvalue weighted by Crippen LogP contribution is -2.26. The zero-order valence-electron chi connectivity index (χ0n) is 14.9. The fourth-order valence-electron chi connectivity index (χ4n) is 2.21. The van der Waals surface area contributed by atoms with E-state index < -0.39 is 5.91 Å². The third kappa shape index (κ3) is 7.04. The lowest BCUT2D eigenvalue weighted by Gasteiger charge is -2.17. The molecule has 0 unspecified atom stereocenters. The molecular formula is C18H25ClN4O2. The molecule has 25 heavy (non-hydrogen) atoms. The van der Waals surface area contributed by atoms with Gasteiger partial charge < -0.3 is 20.3 Å². The molecule has 0 radical (unpaired) electrons. The Hall–Kier alpha value is -2.23. The molecule has 0 aromatic heterocycles. The second-order valence-corrected chi connectivity index (χ2v) is 5.72. The maximum atomic E-state index is 12.1. The van der Waals surface area contributed by atoms with Gasteiger partial charge >= 0.3 is 0 Å². The molecule has 136 valence electrons. The number of benzene rings is 1. The smallest absolute Gasteiger partial charge is 0.267 e. The summed E-state index contributed by atoms with van der Waals surface area (Å²) in [5, 5.41) is 15.2. The first-order chi connectivity index (χ1) is 12.0. The Balaban J connectivity index is 2.54. The number of hydrogen-bond donors (Lipinski definition) is 2. The third-order valence-corrected chi connectivity index (χ3v) is 4.01. The zero-order valence-corrected chi connectivity index (χ0v) is 15.7. The Kier molecular flexibility index (Phi) is 9.45. The van der Waals surface area contributed by atoms with Gasteiger partial charge in [-0.05, 0) is 44.3 Å². The third-order valence-electron chi connectivity index (χ3n) is 3.71. The molecule has 0 heterocycles. The van der Waals surface area contributed by atoms with E-state index in [4.69, 9.17) is 21.6 Å². The van der Waals surface area contributed by atoms with E-state index in [1.165, 1.54) is 13.3 Å². The Morgan fingerprint density at radius 3 is 2.68 bits per heavy atom. The molecule has 0 bridgehead atoms. The van der Waals surface area contributed by atoms with Crippen molar-refractivity contribution in [3.8, 4) is 11.8 Å². The van der Waals surface area contributed by atoms with Crippen molar-refractivity contribution in [2.75, 3.05) is 38.6 Å². The van der Waals surface area contributed by atoms with Crippen LogP contribution in [0.1, 0.15) is 20.3 Å². The molecule has 0 atom stereocenters. The Bertz CT molecular complexity index is 636. The summed E-state index contributed by atoms with van der Waals surface area (Å²) in [5.41, 5.74) is 0.508. The number of ether oxygens (including phenoxy) is 1. The number of halogens is 1. The van der Waals surface area contributed by atoms with Gasteiger partial charge in [-0.1, -0.05) is 25.4 Å². The van der Waals surface area contributed by atoms with Gasteiger partial charge in [0.2, 0.25) is 0 Å². The summed E-state index contributed by atoms with van der Waals surface area (Å²) in [6.45, 7) is 7.96. The van der Waals surface area contributed by atoms with Crippen LogP contribution in [0.3, 0.4) is 0 Å². The molecule has 0 saturated carbocycles. The average Bonchev–Trinajstić information content (AvgIpc) is 2.61. The predicted octanol–water partition coefficient (Wildman–Crippen LogP) is 3.02. The highest BCUT2D eigenvalue weighted by atomic mass is 35.5. The Labute approximate surface area is 154 Å². The summed E-state index contributed by atoms with van der Waals surface area (Å²) in [4.78, 5) is 14.5. The van der Waals surface area contributed by atoms with Gasteiger partial charge in [-0.25, -0.2) is 0 Å².